The Morgan fingerprint density at radius 1 is 1.00 bits per heavy atom. The van der Waals surface area contributed by atoms with E-state index in [0.717, 1.165) is 22.3 Å². The molecule has 5 aromatic rings. The van der Waals surface area contributed by atoms with Crippen molar-refractivity contribution in [3.8, 4) is 5.00 Å². The molecule has 0 aliphatic rings. The number of primary amides is 1. The van der Waals surface area contributed by atoms with Crippen molar-refractivity contribution in [3.63, 3.8) is 0 Å². The molecule has 0 radical (unpaired) electrons. The lowest BCUT2D eigenvalue weighted by atomic mass is 9.93. The predicted octanol–water partition coefficient (Wildman–Crippen LogP) is 6.67. The molecule has 1 unspecified atom stereocenters. The van der Waals surface area contributed by atoms with Crippen molar-refractivity contribution in [2.45, 2.75) is 18.6 Å². The van der Waals surface area contributed by atoms with Gasteiger partial charge in [-0.15, -0.1) is 11.3 Å². The van der Waals surface area contributed by atoms with Crippen LogP contribution in [0.3, 0.4) is 0 Å². The molecule has 39 heavy (non-hydrogen) atoms. The van der Waals surface area contributed by atoms with Gasteiger partial charge in [-0.3, -0.25) is 14.3 Å². The molecule has 0 aliphatic heterocycles. The van der Waals surface area contributed by atoms with Crippen LogP contribution >= 0.6 is 11.3 Å². The second-order valence-corrected chi connectivity index (χ2v) is 9.74. The van der Waals surface area contributed by atoms with Gasteiger partial charge in [-0.2, -0.15) is 13.2 Å². The fraction of sp³-hybridized carbons (Fsp3) is 0.107. The van der Waals surface area contributed by atoms with Gasteiger partial charge in [-0.25, -0.2) is 9.78 Å². The molecule has 0 spiro atoms. The summed E-state index contributed by atoms with van der Waals surface area (Å²) >= 11 is 0.936. The first-order chi connectivity index (χ1) is 18.6. The number of rotatable bonds is 7. The van der Waals surface area contributed by atoms with Crippen LogP contribution in [0.15, 0.2) is 91.3 Å². The number of imidazole rings is 1. The van der Waals surface area contributed by atoms with Gasteiger partial charge in [0.25, 0.3) is 5.91 Å². The number of alkyl halides is 3. The molecule has 1 atom stereocenters. The Morgan fingerprint density at radius 3 is 2.36 bits per heavy atom. The number of amides is 2. The van der Waals surface area contributed by atoms with Gasteiger partial charge in [-0.05, 0) is 41.8 Å². The van der Waals surface area contributed by atoms with Crippen LogP contribution in [0.2, 0.25) is 0 Å². The third-order valence-electron chi connectivity index (χ3n) is 6.29. The second kappa shape index (κ2) is 10.3. The van der Waals surface area contributed by atoms with Crippen LogP contribution in [0.4, 0.5) is 23.7 Å². The maximum atomic E-state index is 14.1. The molecule has 7 nitrogen and oxygen atoms in total. The van der Waals surface area contributed by atoms with E-state index in [1.807, 2.05) is 6.07 Å². The number of nitrogens with two attached hydrogens (primary N) is 1. The van der Waals surface area contributed by atoms with Crippen LogP contribution in [0.1, 0.15) is 32.4 Å². The van der Waals surface area contributed by atoms with E-state index in [4.69, 9.17) is 5.73 Å². The molecule has 0 fully saturated rings. The summed E-state index contributed by atoms with van der Waals surface area (Å²) in [5, 5.41) is 10.9. The van der Waals surface area contributed by atoms with Crippen molar-refractivity contribution in [2.75, 3.05) is 4.90 Å². The molecule has 0 saturated heterocycles. The molecule has 11 heteroatoms. The zero-order chi connectivity index (χ0) is 27.7. The molecular formula is C28H21F3N4O3S. The summed E-state index contributed by atoms with van der Waals surface area (Å²) in [4.78, 5) is 30.4. The summed E-state index contributed by atoms with van der Waals surface area (Å²) in [6.45, 7) is 0. The minimum Gasteiger partial charge on any atom is -0.465 e. The number of benzene rings is 3. The number of para-hydroxylation sites is 2. The standard InChI is InChI=1S/C28H21F3N4O3S/c29-28(30,31)19-11-5-4-10-18(19)22(14-17-8-2-1-3-9-17)35(27(37)38)23-15-24(39-25(23)26(32)36)34-16-33-20-12-6-7-13-21(20)34/h1-13,15-16,22H,14H2,(H2,32,36)(H,37,38). The Bertz CT molecular complexity index is 1660. The van der Waals surface area contributed by atoms with E-state index < -0.39 is 29.8 Å². The summed E-state index contributed by atoms with van der Waals surface area (Å²) in [5.41, 5.74) is 6.34. The van der Waals surface area contributed by atoms with Crippen LogP contribution in [0.25, 0.3) is 16.0 Å². The van der Waals surface area contributed by atoms with Gasteiger partial charge >= 0.3 is 12.3 Å². The Balaban J connectivity index is 1.72. The quantitative estimate of drug-likeness (QED) is 0.236. The van der Waals surface area contributed by atoms with Crippen molar-refractivity contribution >= 4 is 40.1 Å². The van der Waals surface area contributed by atoms with E-state index in [2.05, 4.69) is 4.98 Å². The van der Waals surface area contributed by atoms with Gasteiger partial charge in [0.15, 0.2) is 0 Å². The van der Waals surface area contributed by atoms with Gasteiger partial charge in [-0.1, -0.05) is 60.7 Å². The zero-order valence-electron chi connectivity index (χ0n) is 20.2. The Labute approximate surface area is 224 Å². The molecule has 3 N–H and O–H groups in total. The molecule has 2 amide bonds. The van der Waals surface area contributed by atoms with Crippen molar-refractivity contribution in [3.05, 3.63) is 113 Å². The Hall–Kier alpha value is -4.64. The number of carboxylic acid groups (broad SMARTS) is 1. The van der Waals surface area contributed by atoms with Crippen LogP contribution in [0.5, 0.6) is 0 Å². The number of thiophene rings is 1. The van der Waals surface area contributed by atoms with E-state index in [0.29, 0.717) is 21.6 Å². The van der Waals surface area contributed by atoms with Crippen LogP contribution in [-0.2, 0) is 12.6 Å². The lowest BCUT2D eigenvalue weighted by Crippen LogP contribution is -2.37. The molecule has 2 aromatic heterocycles. The maximum absolute atomic E-state index is 14.1. The van der Waals surface area contributed by atoms with Gasteiger partial charge in [0.05, 0.1) is 28.3 Å². The number of carbonyl (C=O) groups excluding carboxylic acids is 1. The number of anilines is 1. The third kappa shape index (κ3) is 5.08. The van der Waals surface area contributed by atoms with Crippen LogP contribution in [-0.4, -0.2) is 26.7 Å². The lowest BCUT2D eigenvalue weighted by Gasteiger charge is -2.31. The van der Waals surface area contributed by atoms with Crippen molar-refractivity contribution in [1.29, 1.82) is 0 Å². The Morgan fingerprint density at radius 2 is 1.67 bits per heavy atom. The first kappa shape index (κ1) is 26.0. The molecule has 5 rings (SSSR count). The number of aromatic nitrogens is 2. The Kier molecular flexibility index (Phi) is 6.83. The van der Waals surface area contributed by atoms with Gasteiger partial charge < -0.3 is 10.8 Å². The highest BCUT2D eigenvalue weighted by Crippen LogP contribution is 2.42. The monoisotopic (exact) mass is 550 g/mol. The predicted molar refractivity (Wildman–Crippen MR) is 142 cm³/mol. The van der Waals surface area contributed by atoms with Gasteiger partial charge in [0.1, 0.15) is 16.2 Å². The summed E-state index contributed by atoms with van der Waals surface area (Å²) < 4.78 is 44.0. The highest BCUT2D eigenvalue weighted by atomic mass is 32.1. The number of carbonyl (C=O) groups is 2. The van der Waals surface area contributed by atoms with E-state index in [1.54, 1.807) is 53.1 Å². The van der Waals surface area contributed by atoms with E-state index in [1.165, 1.54) is 30.6 Å². The number of nitrogens with zero attached hydrogens (tertiary/aromatic N) is 3. The highest BCUT2D eigenvalue weighted by molar-refractivity contribution is 7.17. The van der Waals surface area contributed by atoms with Crippen molar-refractivity contribution < 1.29 is 27.9 Å². The average molecular weight is 551 g/mol. The molecule has 2 heterocycles. The number of hydrogen-bond acceptors (Lipinski definition) is 4. The van der Waals surface area contributed by atoms with Crippen LogP contribution < -0.4 is 10.6 Å². The minimum absolute atomic E-state index is 0.0857. The second-order valence-electron chi connectivity index (χ2n) is 8.71. The molecule has 198 valence electrons. The first-order valence-corrected chi connectivity index (χ1v) is 12.5. The fourth-order valence-electron chi connectivity index (χ4n) is 4.61. The molecule has 0 bridgehead atoms. The van der Waals surface area contributed by atoms with E-state index >= 15 is 0 Å². The largest absolute Gasteiger partial charge is 0.465 e. The summed E-state index contributed by atoms with van der Waals surface area (Å²) in [7, 11) is 0. The SMILES string of the molecule is NC(=O)c1sc(-n2cnc3ccccc32)cc1N(C(=O)O)C(Cc1ccccc1)c1ccccc1C(F)(F)F. The topological polar surface area (TPSA) is 101 Å². The smallest absolute Gasteiger partial charge is 0.416 e. The lowest BCUT2D eigenvalue weighted by molar-refractivity contribution is -0.138. The molecule has 3 aromatic carbocycles. The van der Waals surface area contributed by atoms with E-state index in [9.17, 15) is 27.9 Å². The van der Waals surface area contributed by atoms with Crippen molar-refractivity contribution in [1.82, 2.24) is 9.55 Å². The van der Waals surface area contributed by atoms with Crippen molar-refractivity contribution in [2.24, 2.45) is 5.73 Å². The van der Waals surface area contributed by atoms with Crippen LogP contribution in [0, 0.1) is 0 Å². The number of halogens is 3. The molecule has 0 saturated carbocycles. The maximum Gasteiger partial charge on any atom is 0.416 e. The normalized spacial score (nSPS) is 12.4. The van der Waals surface area contributed by atoms with E-state index in [-0.39, 0.29) is 22.5 Å². The fourth-order valence-corrected chi connectivity index (χ4v) is 5.59. The van der Waals surface area contributed by atoms with Gasteiger partial charge in [0.2, 0.25) is 0 Å². The molecule has 0 aliphatic carbocycles. The van der Waals surface area contributed by atoms with Gasteiger partial charge in [0, 0.05) is 0 Å². The summed E-state index contributed by atoms with van der Waals surface area (Å²) in [6, 6.07) is 20.8. The third-order valence-corrected chi connectivity index (χ3v) is 7.43. The summed E-state index contributed by atoms with van der Waals surface area (Å²) in [6.07, 6.45) is -4.83. The average Bonchev–Trinajstić information content (AvgIpc) is 3.53. The first-order valence-electron chi connectivity index (χ1n) is 11.7. The number of fused-ring (bicyclic) bond motifs is 1. The highest BCUT2D eigenvalue weighted by Gasteiger charge is 2.39. The minimum atomic E-state index is -4.74. The molecular weight excluding hydrogens is 529 g/mol. The summed E-state index contributed by atoms with van der Waals surface area (Å²) in [5.74, 6) is -0.903. The number of hydrogen-bond donors (Lipinski definition) is 2. The zero-order valence-corrected chi connectivity index (χ0v) is 21.0.